The van der Waals surface area contributed by atoms with Gasteiger partial charge in [-0.15, -0.1) is 12.4 Å². The molecule has 0 amide bonds. The average molecular weight is 317 g/mol. The highest BCUT2D eigenvalue weighted by atomic mass is 35.5. The Morgan fingerprint density at radius 3 is 2.53 bits per heavy atom. The van der Waals surface area contributed by atoms with Crippen LogP contribution in [0.5, 0.6) is 5.75 Å². The van der Waals surface area contributed by atoms with E-state index in [-0.39, 0.29) is 29.6 Å². The van der Waals surface area contributed by atoms with E-state index in [4.69, 9.17) is 5.73 Å². The lowest BCUT2D eigenvalue weighted by atomic mass is 10.3. The van der Waals surface area contributed by atoms with Crippen LogP contribution in [0.4, 0.5) is 8.78 Å². The summed E-state index contributed by atoms with van der Waals surface area (Å²) in [6, 6.07) is 5.21. The predicted molar refractivity (Wildman–Crippen MR) is 69.2 cm³/mol. The fraction of sp³-hybridized carbons (Fsp3) is 0.400. The second-order valence-electron chi connectivity index (χ2n) is 3.37. The molecule has 9 heteroatoms. The molecule has 0 radical (unpaired) electrons. The van der Waals surface area contributed by atoms with Crippen molar-refractivity contribution >= 4 is 22.4 Å². The van der Waals surface area contributed by atoms with Gasteiger partial charge in [-0.2, -0.15) is 8.78 Å². The molecule has 0 aliphatic heterocycles. The number of para-hydroxylation sites is 1. The molecule has 0 bridgehead atoms. The van der Waals surface area contributed by atoms with Crippen LogP contribution in [0.25, 0.3) is 0 Å². The molecule has 0 aliphatic rings. The molecule has 0 spiro atoms. The summed E-state index contributed by atoms with van der Waals surface area (Å²) in [5, 5.41) is 0. The first-order valence-corrected chi connectivity index (χ1v) is 6.69. The zero-order valence-electron chi connectivity index (χ0n) is 9.88. The molecule has 1 aromatic rings. The Bertz CT molecular complexity index is 485. The van der Waals surface area contributed by atoms with Crippen LogP contribution in [-0.2, 0) is 10.0 Å². The summed E-state index contributed by atoms with van der Waals surface area (Å²) < 4.78 is 54.4. The SMILES string of the molecule is Cl.NCCCNS(=O)(=O)c1ccccc1OC(F)F. The lowest BCUT2D eigenvalue weighted by molar-refractivity contribution is -0.0517. The van der Waals surface area contributed by atoms with Gasteiger partial charge < -0.3 is 10.5 Å². The van der Waals surface area contributed by atoms with Crippen molar-refractivity contribution in [3.63, 3.8) is 0 Å². The molecule has 0 fully saturated rings. The van der Waals surface area contributed by atoms with E-state index >= 15 is 0 Å². The molecule has 5 nitrogen and oxygen atoms in total. The molecular weight excluding hydrogens is 302 g/mol. The molecule has 0 aromatic heterocycles. The Kier molecular flexibility index (Phi) is 7.84. The molecule has 1 rings (SSSR count). The van der Waals surface area contributed by atoms with Gasteiger partial charge in [-0.25, -0.2) is 13.1 Å². The number of hydrogen-bond donors (Lipinski definition) is 2. The Balaban J connectivity index is 0.00000324. The normalized spacial score (nSPS) is 11.2. The first-order chi connectivity index (χ1) is 8.47. The van der Waals surface area contributed by atoms with Gasteiger partial charge in [0, 0.05) is 6.54 Å². The van der Waals surface area contributed by atoms with Crippen molar-refractivity contribution in [1.82, 2.24) is 4.72 Å². The van der Waals surface area contributed by atoms with Crippen LogP contribution in [0, 0.1) is 0 Å². The van der Waals surface area contributed by atoms with Crippen LogP contribution in [0.3, 0.4) is 0 Å². The molecule has 0 aliphatic carbocycles. The quantitative estimate of drug-likeness (QED) is 0.744. The summed E-state index contributed by atoms with van der Waals surface area (Å²) in [6.45, 7) is -2.61. The van der Waals surface area contributed by atoms with Crippen molar-refractivity contribution in [1.29, 1.82) is 0 Å². The van der Waals surface area contributed by atoms with Crippen LogP contribution >= 0.6 is 12.4 Å². The summed E-state index contributed by atoms with van der Waals surface area (Å²) in [7, 11) is -3.87. The number of alkyl halides is 2. The summed E-state index contributed by atoms with van der Waals surface area (Å²) >= 11 is 0. The molecule has 3 N–H and O–H groups in total. The van der Waals surface area contributed by atoms with Crippen molar-refractivity contribution in [2.24, 2.45) is 5.73 Å². The maximum absolute atomic E-state index is 12.1. The Hall–Kier alpha value is -0.960. The fourth-order valence-corrected chi connectivity index (χ4v) is 2.46. The lowest BCUT2D eigenvalue weighted by Crippen LogP contribution is -2.26. The van der Waals surface area contributed by atoms with Crippen LogP contribution in [0.15, 0.2) is 29.2 Å². The van der Waals surface area contributed by atoms with E-state index in [1.54, 1.807) is 0 Å². The molecule has 0 heterocycles. The van der Waals surface area contributed by atoms with Gasteiger partial charge in [-0.1, -0.05) is 12.1 Å². The van der Waals surface area contributed by atoms with Gasteiger partial charge in [0.2, 0.25) is 10.0 Å². The highest BCUT2D eigenvalue weighted by molar-refractivity contribution is 7.89. The number of ether oxygens (including phenoxy) is 1. The maximum Gasteiger partial charge on any atom is 0.387 e. The third-order valence-electron chi connectivity index (χ3n) is 2.03. The first kappa shape index (κ1) is 18.0. The van der Waals surface area contributed by atoms with E-state index in [0.717, 1.165) is 0 Å². The van der Waals surface area contributed by atoms with Gasteiger partial charge >= 0.3 is 6.61 Å². The molecule has 19 heavy (non-hydrogen) atoms. The number of hydrogen-bond acceptors (Lipinski definition) is 4. The summed E-state index contributed by atoms with van der Waals surface area (Å²) in [6.07, 6.45) is 0.455. The maximum atomic E-state index is 12.1. The van der Waals surface area contributed by atoms with Crippen LogP contribution < -0.4 is 15.2 Å². The average Bonchev–Trinajstić information content (AvgIpc) is 2.29. The van der Waals surface area contributed by atoms with Gasteiger partial charge in [-0.05, 0) is 25.1 Å². The zero-order chi connectivity index (χ0) is 13.6. The second kappa shape index (κ2) is 8.26. The van der Waals surface area contributed by atoms with Crippen molar-refractivity contribution < 1.29 is 21.9 Å². The molecule has 0 atom stereocenters. The summed E-state index contributed by atoms with van der Waals surface area (Å²) in [4.78, 5) is -0.317. The number of rotatable bonds is 7. The standard InChI is InChI=1S/C10H14F2N2O3S.ClH/c11-10(12)17-8-4-1-2-5-9(8)18(15,16)14-7-3-6-13;/h1-2,4-5,10,14H,3,6-7,13H2;1H. The van der Waals surface area contributed by atoms with Crippen molar-refractivity contribution in [3.8, 4) is 5.75 Å². The van der Waals surface area contributed by atoms with Gasteiger partial charge in [-0.3, -0.25) is 0 Å². The van der Waals surface area contributed by atoms with Crippen molar-refractivity contribution in [2.45, 2.75) is 17.9 Å². The minimum atomic E-state index is -3.87. The van der Waals surface area contributed by atoms with E-state index in [1.807, 2.05) is 0 Å². The zero-order valence-corrected chi connectivity index (χ0v) is 11.5. The first-order valence-electron chi connectivity index (χ1n) is 5.21. The highest BCUT2D eigenvalue weighted by Gasteiger charge is 2.20. The minimum Gasteiger partial charge on any atom is -0.433 e. The number of halogens is 3. The Morgan fingerprint density at radius 2 is 1.95 bits per heavy atom. The smallest absolute Gasteiger partial charge is 0.387 e. The Labute approximate surface area is 116 Å². The molecule has 0 unspecified atom stereocenters. The number of nitrogens with one attached hydrogen (secondary N) is 1. The van der Waals surface area contributed by atoms with Crippen LogP contribution in [0.1, 0.15) is 6.42 Å². The van der Waals surface area contributed by atoms with E-state index in [2.05, 4.69) is 9.46 Å². The number of sulfonamides is 1. The van der Waals surface area contributed by atoms with Crippen LogP contribution in [-0.4, -0.2) is 28.1 Å². The van der Waals surface area contributed by atoms with Crippen molar-refractivity contribution in [3.05, 3.63) is 24.3 Å². The molecule has 110 valence electrons. The Morgan fingerprint density at radius 1 is 1.32 bits per heavy atom. The largest absolute Gasteiger partial charge is 0.433 e. The van der Waals surface area contributed by atoms with Gasteiger partial charge in [0.1, 0.15) is 10.6 Å². The second-order valence-corrected chi connectivity index (χ2v) is 5.10. The highest BCUT2D eigenvalue weighted by Crippen LogP contribution is 2.24. The topological polar surface area (TPSA) is 81.4 Å². The fourth-order valence-electron chi connectivity index (χ4n) is 1.25. The summed E-state index contributed by atoms with van der Waals surface area (Å²) in [5.74, 6) is -0.382. The molecular formula is C10H15ClF2N2O3S. The van der Waals surface area contributed by atoms with Gasteiger partial charge in [0.25, 0.3) is 0 Å². The van der Waals surface area contributed by atoms with E-state index < -0.39 is 16.6 Å². The van der Waals surface area contributed by atoms with Gasteiger partial charge in [0.15, 0.2) is 0 Å². The third-order valence-corrected chi connectivity index (χ3v) is 3.53. The van der Waals surface area contributed by atoms with Crippen LogP contribution in [0.2, 0.25) is 0 Å². The number of nitrogens with two attached hydrogens (primary N) is 1. The van der Waals surface area contributed by atoms with E-state index in [1.165, 1.54) is 24.3 Å². The molecule has 0 saturated carbocycles. The predicted octanol–water partition coefficient (Wildman–Crippen LogP) is 1.34. The minimum absolute atomic E-state index is 0. The summed E-state index contributed by atoms with van der Waals surface area (Å²) in [5.41, 5.74) is 5.23. The monoisotopic (exact) mass is 316 g/mol. The molecule has 0 saturated heterocycles. The molecule has 1 aromatic carbocycles. The third kappa shape index (κ3) is 5.68. The number of benzene rings is 1. The van der Waals surface area contributed by atoms with E-state index in [9.17, 15) is 17.2 Å². The lowest BCUT2D eigenvalue weighted by Gasteiger charge is -2.11. The van der Waals surface area contributed by atoms with E-state index in [0.29, 0.717) is 13.0 Å². The van der Waals surface area contributed by atoms with Gasteiger partial charge in [0.05, 0.1) is 0 Å². The van der Waals surface area contributed by atoms with Crippen molar-refractivity contribution in [2.75, 3.05) is 13.1 Å².